The number of benzene rings is 3. The molecule has 2 aliphatic rings. The molecule has 0 bridgehead atoms. The molecule has 0 radical (unpaired) electrons. The molecule has 2 amide bonds. The van der Waals surface area contributed by atoms with Crippen LogP contribution in [0.25, 0.3) is 0 Å². The lowest BCUT2D eigenvalue weighted by Crippen LogP contribution is -2.37. The molecule has 6 nitrogen and oxygen atoms in total. The number of amides is 2. The zero-order valence-corrected chi connectivity index (χ0v) is 18.2. The fraction of sp³-hybridized carbons (Fsp3) is 0.231. The number of fused-ring (bicyclic) bond motifs is 1. The largest absolute Gasteiger partial charge is 0.497 e. The summed E-state index contributed by atoms with van der Waals surface area (Å²) < 4.78 is 5.41. The van der Waals surface area contributed by atoms with Crippen LogP contribution in [0.3, 0.4) is 0 Å². The number of imide groups is 1. The molecule has 0 aliphatic carbocycles. The lowest BCUT2D eigenvalue weighted by atomic mass is 9.90. The first kappa shape index (κ1) is 20.3. The van der Waals surface area contributed by atoms with Crippen molar-refractivity contribution in [3.63, 3.8) is 0 Å². The molecule has 162 valence electrons. The van der Waals surface area contributed by atoms with Crippen LogP contribution < -0.4 is 14.7 Å². The number of para-hydroxylation sites is 1. The number of anilines is 2. The molecule has 32 heavy (non-hydrogen) atoms. The maximum Gasteiger partial charge on any atom is 0.266 e. The fourth-order valence-corrected chi connectivity index (χ4v) is 4.50. The third kappa shape index (κ3) is 3.15. The summed E-state index contributed by atoms with van der Waals surface area (Å²) in [6, 6.07) is 22.2. The van der Waals surface area contributed by atoms with Crippen molar-refractivity contribution in [1.29, 1.82) is 0 Å². The van der Waals surface area contributed by atoms with Gasteiger partial charge in [-0.05, 0) is 66.9 Å². The van der Waals surface area contributed by atoms with Crippen molar-refractivity contribution in [2.45, 2.75) is 26.0 Å². The summed E-state index contributed by atoms with van der Waals surface area (Å²) in [5.41, 5.74) is 4.35. The second kappa shape index (κ2) is 7.80. The fourth-order valence-electron chi connectivity index (χ4n) is 4.50. The van der Waals surface area contributed by atoms with Crippen LogP contribution in [0, 0.1) is 19.8 Å². The molecule has 2 heterocycles. The summed E-state index contributed by atoms with van der Waals surface area (Å²) in [4.78, 5) is 34.5. The quantitative estimate of drug-likeness (QED) is 0.578. The average Bonchev–Trinajstić information content (AvgIpc) is 3.32. The van der Waals surface area contributed by atoms with E-state index in [1.807, 2.05) is 86.6 Å². The summed E-state index contributed by atoms with van der Waals surface area (Å²) in [5, 5.41) is 1.69. The van der Waals surface area contributed by atoms with E-state index in [1.54, 1.807) is 12.2 Å². The Bertz CT molecular complexity index is 1190. The zero-order valence-electron chi connectivity index (χ0n) is 18.2. The van der Waals surface area contributed by atoms with Crippen LogP contribution >= 0.6 is 0 Å². The molecule has 2 aliphatic heterocycles. The molecule has 3 aromatic rings. The van der Waals surface area contributed by atoms with Crippen molar-refractivity contribution in [3.8, 4) is 5.75 Å². The number of nitrogens with zero attached hydrogens (tertiary/aromatic N) is 2. The molecule has 3 atom stereocenters. The monoisotopic (exact) mass is 428 g/mol. The molecule has 0 aromatic heterocycles. The molecular formula is C26H24N2O4. The lowest BCUT2D eigenvalue weighted by Gasteiger charge is -2.29. The van der Waals surface area contributed by atoms with Gasteiger partial charge in [0.05, 0.1) is 24.5 Å². The maximum absolute atomic E-state index is 13.7. The Kier molecular flexibility index (Phi) is 4.94. The van der Waals surface area contributed by atoms with Gasteiger partial charge in [0.25, 0.3) is 5.91 Å². The number of ether oxygens (including phenoxy) is 1. The topological polar surface area (TPSA) is 59.1 Å². The van der Waals surface area contributed by atoms with E-state index in [2.05, 4.69) is 0 Å². The average molecular weight is 428 g/mol. The first-order chi connectivity index (χ1) is 15.5. The van der Waals surface area contributed by atoms with E-state index in [0.29, 0.717) is 11.4 Å². The van der Waals surface area contributed by atoms with E-state index in [9.17, 15) is 9.59 Å². The molecule has 0 N–H and O–H groups in total. The Morgan fingerprint density at radius 2 is 1.59 bits per heavy atom. The van der Waals surface area contributed by atoms with Gasteiger partial charge in [0.15, 0.2) is 6.10 Å². The van der Waals surface area contributed by atoms with Gasteiger partial charge in [-0.25, -0.2) is 9.96 Å². The van der Waals surface area contributed by atoms with Gasteiger partial charge in [0.2, 0.25) is 5.91 Å². The second-order valence-electron chi connectivity index (χ2n) is 8.22. The highest BCUT2D eigenvalue weighted by atomic mass is 16.7. The normalized spacial score (nSPS) is 22.4. The third-order valence-corrected chi connectivity index (χ3v) is 6.31. The van der Waals surface area contributed by atoms with Gasteiger partial charge >= 0.3 is 0 Å². The van der Waals surface area contributed by atoms with Crippen LogP contribution in [0.1, 0.15) is 22.7 Å². The summed E-state index contributed by atoms with van der Waals surface area (Å²) in [5.74, 6) is -0.581. The minimum absolute atomic E-state index is 0.255. The predicted octanol–water partition coefficient (Wildman–Crippen LogP) is 4.36. The highest BCUT2D eigenvalue weighted by Gasteiger charge is 2.60. The number of hydroxylamine groups is 1. The molecule has 2 saturated heterocycles. The molecule has 3 aromatic carbocycles. The van der Waals surface area contributed by atoms with Crippen LogP contribution in [-0.2, 0) is 14.4 Å². The molecule has 6 heteroatoms. The summed E-state index contributed by atoms with van der Waals surface area (Å²) in [6.45, 7) is 3.97. The van der Waals surface area contributed by atoms with Crippen LogP contribution in [-0.4, -0.2) is 25.0 Å². The van der Waals surface area contributed by atoms with Gasteiger partial charge in [-0.3, -0.25) is 14.4 Å². The summed E-state index contributed by atoms with van der Waals surface area (Å²) >= 11 is 0. The van der Waals surface area contributed by atoms with Crippen molar-refractivity contribution in [1.82, 2.24) is 0 Å². The molecule has 5 rings (SSSR count). The van der Waals surface area contributed by atoms with Crippen LogP contribution in [0.5, 0.6) is 5.75 Å². The summed E-state index contributed by atoms with van der Waals surface area (Å²) in [6.07, 6.45) is -0.888. The molecule has 0 saturated carbocycles. The van der Waals surface area contributed by atoms with Gasteiger partial charge in [0, 0.05) is 0 Å². The third-order valence-electron chi connectivity index (χ3n) is 6.31. The van der Waals surface area contributed by atoms with Gasteiger partial charge in [-0.1, -0.05) is 36.4 Å². The van der Waals surface area contributed by atoms with Crippen LogP contribution in [0.2, 0.25) is 0 Å². The standard InChI is InChI=1S/C26H24N2O4/c1-16-12-13-20(14-17(16)2)27-25(29)22-23(18-8-7-11-21(15-18)31-3)28(32-24(22)26(27)30)19-9-5-4-6-10-19/h4-15,22-24H,1-3H3. The van der Waals surface area contributed by atoms with Gasteiger partial charge in [-0.15, -0.1) is 0 Å². The first-order valence-electron chi connectivity index (χ1n) is 10.6. The van der Waals surface area contributed by atoms with E-state index < -0.39 is 18.1 Å². The Balaban J connectivity index is 1.59. The highest BCUT2D eigenvalue weighted by molar-refractivity contribution is 6.24. The minimum Gasteiger partial charge on any atom is -0.497 e. The van der Waals surface area contributed by atoms with Crippen LogP contribution in [0.15, 0.2) is 72.8 Å². The zero-order chi connectivity index (χ0) is 22.4. The van der Waals surface area contributed by atoms with Crippen molar-refractivity contribution in [2.75, 3.05) is 17.1 Å². The molecule has 2 fully saturated rings. The molecule has 3 unspecified atom stereocenters. The van der Waals surface area contributed by atoms with E-state index in [4.69, 9.17) is 9.57 Å². The molecule has 0 spiro atoms. The van der Waals surface area contributed by atoms with Gasteiger partial charge in [0.1, 0.15) is 11.7 Å². The Labute approximate surface area is 186 Å². The lowest BCUT2D eigenvalue weighted by molar-refractivity contribution is -0.126. The van der Waals surface area contributed by atoms with Crippen molar-refractivity contribution in [3.05, 3.63) is 89.5 Å². The number of carbonyl (C=O) groups is 2. The SMILES string of the molecule is COc1cccc(C2C3C(=O)N(c4ccc(C)c(C)c4)C(=O)C3ON2c2ccccc2)c1. The number of rotatable bonds is 4. The van der Waals surface area contributed by atoms with E-state index in [0.717, 1.165) is 22.4 Å². The number of carbonyl (C=O) groups excluding carboxylic acids is 2. The van der Waals surface area contributed by atoms with Gasteiger partial charge < -0.3 is 4.74 Å². The number of hydrogen-bond donors (Lipinski definition) is 0. The van der Waals surface area contributed by atoms with Crippen molar-refractivity contribution in [2.24, 2.45) is 5.92 Å². The molecular weight excluding hydrogens is 404 g/mol. The summed E-state index contributed by atoms with van der Waals surface area (Å²) in [7, 11) is 1.60. The Morgan fingerprint density at radius 3 is 2.31 bits per heavy atom. The Morgan fingerprint density at radius 1 is 0.812 bits per heavy atom. The number of aryl methyl sites for hydroxylation is 2. The van der Waals surface area contributed by atoms with E-state index >= 15 is 0 Å². The van der Waals surface area contributed by atoms with Gasteiger partial charge in [-0.2, -0.15) is 0 Å². The smallest absolute Gasteiger partial charge is 0.266 e. The van der Waals surface area contributed by atoms with Crippen molar-refractivity contribution >= 4 is 23.2 Å². The minimum atomic E-state index is -0.888. The highest BCUT2D eigenvalue weighted by Crippen LogP contribution is 2.48. The predicted molar refractivity (Wildman–Crippen MR) is 121 cm³/mol. The maximum atomic E-state index is 13.7. The first-order valence-corrected chi connectivity index (χ1v) is 10.6. The van der Waals surface area contributed by atoms with E-state index in [-0.39, 0.29) is 11.8 Å². The Hall–Kier alpha value is -3.64. The number of hydrogen-bond acceptors (Lipinski definition) is 5. The second-order valence-corrected chi connectivity index (χ2v) is 8.22. The van der Waals surface area contributed by atoms with Crippen LogP contribution in [0.4, 0.5) is 11.4 Å². The van der Waals surface area contributed by atoms with Crippen molar-refractivity contribution < 1.29 is 19.2 Å². The number of methoxy groups -OCH3 is 1. The van der Waals surface area contributed by atoms with E-state index in [1.165, 1.54) is 4.90 Å².